The lowest BCUT2D eigenvalue weighted by atomic mass is 10.0. The van der Waals surface area contributed by atoms with E-state index in [-0.39, 0.29) is 11.9 Å². The number of methoxy groups -OCH3 is 1. The predicted molar refractivity (Wildman–Crippen MR) is 122 cm³/mol. The quantitative estimate of drug-likeness (QED) is 0.683. The zero-order valence-corrected chi connectivity index (χ0v) is 19.6. The Bertz CT molecular complexity index is 998. The van der Waals surface area contributed by atoms with Crippen LogP contribution in [0.3, 0.4) is 0 Å². The Hall–Kier alpha value is -2.54. The van der Waals surface area contributed by atoms with E-state index < -0.39 is 16.1 Å². The third-order valence-electron chi connectivity index (χ3n) is 5.10. The highest BCUT2D eigenvalue weighted by Crippen LogP contribution is 2.26. The first-order valence-electron chi connectivity index (χ1n) is 10.0. The second-order valence-corrected chi connectivity index (χ2v) is 9.64. The Balaban J connectivity index is 2.33. The molecule has 0 aliphatic carbocycles. The van der Waals surface area contributed by atoms with Gasteiger partial charge in [0.1, 0.15) is 11.8 Å². The number of nitrogens with one attached hydrogen (secondary N) is 1. The molecule has 0 spiro atoms. The summed E-state index contributed by atoms with van der Waals surface area (Å²) >= 11 is 0. The number of carbonyl (C=O) groups is 1. The number of nitrogens with zero attached hydrogens (tertiary/aromatic N) is 1. The lowest BCUT2D eigenvalue weighted by Crippen LogP contribution is -2.48. The van der Waals surface area contributed by atoms with Crippen LogP contribution in [0.1, 0.15) is 48.6 Å². The maximum absolute atomic E-state index is 13.1. The molecule has 0 saturated heterocycles. The highest BCUT2D eigenvalue weighted by molar-refractivity contribution is 7.92. The molecule has 0 radical (unpaired) electrons. The van der Waals surface area contributed by atoms with Crippen molar-refractivity contribution in [3.05, 3.63) is 58.7 Å². The van der Waals surface area contributed by atoms with Gasteiger partial charge in [-0.15, -0.1) is 0 Å². The summed E-state index contributed by atoms with van der Waals surface area (Å²) in [4.78, 5) is 13.1. The molecule has 7 heteroatoms. The van der Waals surface area contributed by atoms with E-state index in [4.69, 9.17) is 4.74 Å². The van der Waals surface area contributed by atoms with Crippen LogP contribution in [-0.4, -0.2) is 33.7 Å². The molecule has 0 heterocycles. The summed E-state index contributed by atoms with van der Waals surface area (Å²) in [5.41, 5.74) is 4.29. The Morgan fingerprint density at radius 2 is 1.70 bits per heavy atom. The molecule has 0 saturated carbocycles. The van der Waals surface area contributed by atoms with E-state index in [2.05, 4.69) is 5.32 Å². The van der Waals surface area contributed by atoms with Gasteiger partial charge in [0.2, 0.25) is 15.9 Å². The van der Waals surface area contributed by atoms with E-state index in [1.54, 1.807) is 26.2 Å². The lowest BCUT2D eigenvalue weighted by molar-refractivity contribution is -0.122. The fourth-order valence-electron chi connectivity index (χ4n) is 3.72. The fraction of sp³-hybridized carbons (Fsp3) is 0.435. The summed E-state index contributed by atoms with van der Waals surface area (Å²) in [7, 11) is -2.04. The van der Waals surface area contributed by atoms with Crippen LogP contribution in [-0.2, 0) is 14.8 Å². The van der Waals surface area contributed by atoms with Crippen LogP contribution < -0.4 is 14.4 Å². The molecule has 2 atom stereocenters. The molecule has 2 aromatic rings. The molecule has 0 bridgehead atoms. The number of amides is 1. The van der Waals surface area contributed by atoms with E-state index in [1.165, 1.54) is 4.31 Å². The second kappa shape index (κ2) is 9.51. The number of anilines is 1. The van der Waals surface area contributed by atoms with Gasteiger partial charge >= 0.3 is 0 Å². The van der Waals surface area contributed by atoms with Crippen LogP contribution in [0.5, 0.6) is 5.75 Å². The van der Waals surface area contributed by atoms with Crippen molar-refractivity contribution in [1.29, 1.82) is 0 Å². The van der Waals surface area contributed by atoms with Gasteiger partial charge in [-0.3, -0.25) is 9.10 Å². The normalized spacial score (nSPS) is 13.4. The summed E-state index contributed by atoms with van der Waals surface area (Å²) in [6, 6.07) is 10.2. The van der Waals surface area contributed by atoms with E-state index in [1.807, 2.05) is 52.0 Å². The van der Waals surface area contributed by atoms with E-state index >= 15 is 0 Å². The third kappa shape index (κ3) is 5.53. The molecular weight excluding hydrogens is 400 g/mol. The van der Waals surface area contributed by atoms with Gasteiger partial charge in [-0.1, -0.05) is 25.1 Å². The van der Waals surface area contributed by atoms with E-state index in [0.717, 1.165) is 34.3 Å². The highest BCUT2D eigenvalue weighted by Gasteiger charge is 2.30. The number of rotatable bonds is 8. The molecule has 6 nitrogen and oxygen atoms in total. The Labute approximate surface area is 180 Å². The molecule has 2 aromatic carbocycles. The van der Waals surface area contributed by atoms with Crippen LogP contribution in [0, 0.1) is 20.8 Å². The van der Waals surface area contributed by atoms with E-state index in [0.29, 0.717) is 12.1 Å². The number of carbonyl (C=O) groups excluding carboxylic acids is 1. The summed E-state index contributed by atoms with van der Waals surface area (Å²) in [5.74, 6) is 0.436. The first-order valence-corrected chi connectivity index (χ1v) is 11.8. The van der Waals surface area contributed by atoms with Crippen LogP contribution in [0.15, 0.2) is 36.4 Å². The van der Waals surface area contributed by atoms with Crippen molar-refractivity contribution in [2.45, 2.75) is 53.1 Å². The van der Waals surface area contributed by atoms with Crippen LogP contribution in [0.2, 0.25) is 0 Å². The van der Waals surface area contributed by atoms with Gasteiger partial charge in [-0.05, 0) is 74.6 Å². The zero-order valence-electron chi connectivity index (χ0n) is 18.8. The van der Waals surface area contributed by atoms with Gasteiger partial charge in [-0.25, -0.2) is 8.42 Å². The number of ether oxygens (including phenoxy) is 1. The first-order chi connectivity index (χ1) is 14.0. The summed E-state index contributed by atoms with van der Waals surface area (Å²) in [6.07, 6.45) is 1.80. The Kier molecular flexibility index (Phi) is 7.53. The smallest absolute Gasteiger partial charge is 0.244 e. The summed E-state index contributed by atoms with van der Waals surface area (Å²) in [5, 5.41) is 3.01. The fourth-order valence-corrected chi connectivity index (χ4v) is 4.88. The molecule has 30 heavy (non-hydrogen) atoms. The average Bonchev–Trinajstić information content (AvgIpc) is 2.63. The first kappa shape index (κ1) is 23.7. The number of hydrogen-bond acceptors (Lipinski definition) is 4. The monoisotopic (exact) mass is 432 g/mol. The van der Waals surface area contributed by atoms with Crippen molar-refractivity contribution in [1.82, 2.24) is 5.32 Å². The van der Waals surface area contributed by atoms with E-state index in [9.17, 15) is 13.2 Å². The van der Waals surface area contributed by atoms with Gasteiger partial charge in [0.15, 0.2) is 0 Å². The number of sulfonamides is 1. The number of benzene rings is 2. The topological polar surface area (TPSA) is 75.7 Å². The SMILES string of the molecule is CCC(NC(=O)C(C)N(c1cc(C)cc(C)c1)S(C)(=O)=O)c1ccc(OC)c(C)c1. The van der Waals surface area contributed by atoms with Crippen LogP contribution in [0.25, 0.3) is 0 Å². The standard InChI is InChI=1S/C23H32N2O4S/c1-8-21(19-9-10-22(29-6)17(4)14-19)24-23(26)18(5)25(30(7,27)28)20-12-15(2)11-16(3)13-20/h9-14,18,21H,8H2,1-7H3,(H,24,26). The largest absolute Gasteiger partial charge is 0.496 e. The molecule has 164 valence electrons. The zero-order chi connectivity index (χ0) is 22.6. The number of hydrogen-bond donors (Lipinski definition) is 1. The molecule has 2 unspecified atom stereocenters. The molecule has 0 fully saturated rings. The Morgan fingerprint density at radius 3 is 2.17 bits per heavy atom. The minimum absolute atomic E-state index is 0.231. The van der Waals surface area contributed by atoms with Crippen LogP contribution in [0.4, 0.5) is 5.69 Å². The summed E-state index contributed by atoms with van der Waals surface area (Å²) in [6.45, 7) is 9.35. The summed E-state index contributed by atoms with van der Waals surface area (Å²) < 4.78 is 31.6. The maximum atomic E-state index is 13.1. The molecule has 0 aromatic heterocycles. The van der Waals surface area contributed by atoms with Crippen molar-refractivity contribution < 1.29 is 17.9 Å². The highest BCUT2D eigenvalue weighted by atomic mass is 32.2. The number of aryl methyl sites for hydroxylation is 3. The van der Waals surface area contributed by atoms with Crippen molar-refractivity contribution in [3.63, 3.8) is 0 Å². The minimum atomic E-state index is -3.66. The van der Waals surface area contributed by atoms with Crippen molar-refractivity contribution in [3.8, 4) is 5.75 Å². The minimum Gasteiger partial charge on any atom is -0.496 e. The van der Waals surface area contributed by atoms with Gasteiger partial charge in [0.25, 0.3) is 0 Å². The third-order valence-corrected chi connectivity index (χ3v) is 6.34. The molecule has 1 amide bonds. The van der Waals surface area contributed by atoms with Crippen LogP contribution >= 0.6 is 0 Å². The molecule has 1 N–H and O–H groups in total. The van der Waals surface area contributed by atoms with Gasteiger partial charge in [-0.2, -0.15) is 0 Å². The lowest BCUT2D eigenvalue weighted by Gasteiger charge is -2.30. The Morgan fingerprint density at radius 1 is 1.10 bits per heavy atom. The molecule has 0 aliphatic heterocycles. The molecular formula is C23H32N2O4S. The second-order valence-electron chi connectivity index (χ2n) is 7.78. The molecule has 0 aliphatic rings. The van der Waals surface area contributed by atoms with Crippen molar-refractivity contribution in [2.75, 3.05) is 17.7 Å². The van der Waals surface area contributed by atoms with Gasteiger partial charge in [0.05, 0.1) is 25.1 Å². The predicted octanol–water partition coefficient (Wildman–Crippen LogP) is 4.04. The van der Waals surface area contributed by atoms with Crippen molar-refractivity contribution >= 4 is 21.6 Å². The van der Waals surface area contributed by atoms with Gasteiger partial charge in [0, 0.05) is 0 Å². The average molecular weight is 433 g/mol. The van der Waals surface area contributed by atoms with Gasteiger partial charge < -0.3 is 10.1 Å². The van der Waals surface area contributed by atoms with Crippen molar-refractivity contribution in [2.24, 2.45) is 0 Å². The molecule has 2 rings (SSSR count). The maximum Gasteiger partial charge on any atom is 0.244 e.